The summed E-state index contributed by atoms with van der Waals surface area (Å²) in [4.78, 5) is 4.36. The van der Waals surface area contributed by atoms with Crippen molar-refractivity contribution in [1.82, 2.24) is 9.36 Å². The molecule has 0 saturated heterocycles. The van der Waals surface area contributed by atoms with Crippen LogP contribution in [0.4, 0.5) is 0 Å². The van der Waals surface area contributed by atoms with E-state index in [1.165, 1.54) is 11.5 Å². The molecule has 1 N–H and O–H groups in total. The van der Waals surface area contributed by atoms with E-state index >= 15 is 0 Å². The number of hydrogen-bond acceptors (Lipinski definition) is 5. The van der Waals surface area contributed by atoms with Gasteiger partial charge in [0.05, 0.1) is 5.60 Å². The van der Waals surface area contributed by atoms with Crippen molar-refractivity contribution in [3.8, 4) is 0 Å². The fourth-order valence-electron chi connectivity index (χ4n) is 1.09. The number of aryl methyl sites for hydroxylation is 1. The molecule has 86 valence electrons. The van der Waals surface area contributed by atoms with Crippen molar-refractivity contribution in [2.45, 2.75) is 50.0 Å². The van der Waals surface area contributed by atoms with Crippen LogP contribution >= 0.6 is 23.3 Å². The number of nitrogens with zero attached hydrogens (tertiary/aromatic N) is 2. The molecule has 0 aliphatic rings. The third kappa shape index (κ3) is 3.74. The number of thioether (sulfide) groups is 1. The summed E-state index contributed by atoms with van der Waals surface area (Å²) in [5.41, 5.74) is -0.553. The van der Waals surface area contributed by atoms with E-state index in [1.807, 2.05) is 20.8 Å². The highest BCUT2D eigenvalue weighted by molar-refractivity contribution is 8.01. The van der Waals surface area contributed by atoms with Crippen molar-refractivity contribution in [3.05, 3.63) is 5.82 Å². The van der Waals surface area contributed by atoms with Gasteiger partial charge < -0.3 is 5.11 Å². The highest BCUT2D eigenvalue weighted by atomic mass is 32.2. The fraction of sp³-hybridized carbons (Fsp3) is 0.800. The SMILES string of the molecule is CCc1nsc(SCC(O)(CC)CC)n1. The highest BCUT2D eigenvalue weighted by Gasteiger charge is 2.22. The molecule has 0 radical (unpaired) electrons. The molecule has 0 amide bonds. The van der Waals surface area contributed by atoms with Crippen LogP contribution in [0.2, 0.25) is 0 Å². The van der Waals surface area contributed by atoms with Gasteiger partial charge in [0.25, 0.3) is 0 Å². The van der Waals surface area contributed by atoms with Gasteiger partial charge in [0, 0.05) is 12.2 Å². The van der Waals surface area contributed by atoms with E-state index in [2.05, 4.69) is 9.36 Å². The maximum absolute atomic E-state index is 10.1. The number of hydrogen-bond donors (Lipinski definition) is 1. The Hall–Kier alpha value is -0.130. The van der Waals surface area contributed by atoms with Crippen LogP contribution < -0.4 is 0 Å². The minimum Gasteiger partial charge on any atom is -0.389 e. The molecule has 15 heavy (non-hydrogen) atoms. The second-order valence-corrected chi connectivity index (χ2v) is 5.52. The van der Waals surface area contributed by atoms with E-state index in [-0.39, 0.29) is 0 Å². The molecule has 0 atom stereocenters. The van der Waals surface area contributed by atoms with E-state index in [0.717, 1.165) is 29.4 Å². The summed E-state index contributed by atoms with van der Waals surface area (Å²) in [5, 5.41) is 10.1. The average molecular weight is 246 g/mol. The quantitative estimate of drug-likeness (QED) is 0.784. The Morgan fingerprint density at radius 2 is 2.00 bits per heavy atom. The molecule has 0 aromatic carbocycles. The van der Waals surface area contributed by atoms with Crippen LogP contribution in [0, 0.1) is 0 Å². The van der Waals surface area contributed by atoms with Gasteiger partial charge >= 0.3 is 0 Å². The predicted molar refractivity (Wildman–Crippen MR) is 65.5 cm³/mol. The van der Waals surface area contributed by atoms with Crippen molar-refractivity contribution in [2.75, 3.05) is 5.75 Å². The summed E-state index contributed by atoms with van der Waals surface area (Å²) >= 11 is 3.03. The Morgan fingerprint density at radius 1 is 1.33 bits per heavy atom. The van der Waals surface area contributed by atoms with E-state index < -0.39 is 5.60 Å². The molecule has 1 heterocycles. The molecule has 1 aromatic rings. The first-order chi connectivity index (χ1) is 7.13. The molecular formula is C10H18N2OS2. The second-order valence-electron chi connectivity index (χ2n) is 3.55. The van der Waals surface area contributed by atoms with Crippen LogP contribution in [0.15, 0.2) is 4.34 Å². The zero-order valence-corrected chi connectivity index (χ0v) is 11.1. The number of aromatic nitrogens is 2. The molecule has 0 aliphatic heterocycles. The molecule has 0 aliphatic carbocycles. The lowest BCUT2D eigenvalue weighted by atomic mass is 10.0. The molecule has 3 nitrogen and oxygen atoms in total. The molecule has 0 fully saturated rings. The smallest absolute Gasteiger partial charge is 0.170 e. The summed E-state index contributed by atoms with van der Waals surface area (Å²) < 4.78 is 5.18. The lowest BCUT2D eigenvalue weighted by Crippen LogP contribution is -2.29. The summed E-state index contributed by atoms with van der Waals surface area (Å²) in [7, 11) is 0. The standard InChI is InChI=1S/C10H18N2OS2/c1-4-8-11-9(15-12-8)14-7-10(13,5-2)6-3/h13H,4-7H2,1-3H3. The summed E-state index contributed by atoms with van der Waals surface area (Å²) in [6, 6.07) is 0. The van der Waals surface area contributed by atoms with Crippen LogP contribution in [0.1, 0.15) is 39.4 Å². The predicted octanol–water partition coefficient (Wildman–Crippen LogP) is 2.74. The van der Waals surface area contributed by atoms with Gasteiger partial charge in [0.15, 0.2) is 4.34 Å². The average Bonchev–Trinajstić information content (AvgIpc) is 2.74. The summed E-state index contributed by atoms with van der Waals surface area (Å²) in [6.07, 6.45) is 2.45. The monoisotopic (exact) mass is 246 g/mol. The lowest BCUT2D eigenvalue weighted by Gasteiger charge is -2.23. The zero-order chi connectivity index (χ0) is 11.3. The third-order valence-electron chi connectivity index (χ3n) is 2.55. The molecule has 1 aromatic heterocycles. The van der Waals surface area contributed by atoms with E-state index in [0.29, 0.717) is 5.75 Å². The number of aliphatic hydroxyl groups is 1. The van der Waals surface area contributed by atoms with Crippen LogP contribution in [0.25, 0.3) is 0 Å². The van der Waals surface area contributed by atoms with Gasteiger partial charge in [-0.15, -0.1) is 0 Å². The largest absolute Gasteiger partial charge is 0.389 e. The molecule has 0 spiro atoms. The Balaban J connectivity index is 2.49. The van der Waals surface area contributed by atoms with Gasteiger partial charge in [0.1, 0.15) is 5.82 Å². The Bertz CT molecular complexity index is 297. The van der Waals surface area contributed by atoms with Crippen LogP contribution in [0.5, 0.6) is 0 Å². The van der Waals surface area contributed by atoms with Crippen LogP contribution in [0.3, 0.4) is 0 Å². The van der Waals surface area contributed by atoms with Gasteiger partial charge in [-0.25, -0.2) is 4.98 Å². The second kappa shape index (κ2) is 5.82. The topological polar surface area (TPSA) is 46.0 Å². The Morgan fingerprint density at radius 3 is 2.47 bits per heavy atom. The maximum Gasteiger partial charge on any atom is 0.170 e. The third-order valence-corrected chi connectivity index (χ3v) is 4.69. The zero-order valence-electron chi connectivity index (χ0n) is 9.49. The maximum atomic E-state index is 10.1. The van der Waals surface area contributed by atoms with Crippen LogP contribution in [-0.4, -0.2) is 25.8 Å². The van der Waals surface area contributed by atoms with Crippen molar-refractivity contribution in [2.24, 2.45) is 0 Å². The van der Waals surface area contributed by atoms with Crippen molar-refractivity contribution in [3.63, 3.8) is 0 Å². The van der Waals surface area contributed by atoms with Crippen molar-refractivity contribution >= 4 is 23.3 Å². The molecular weight excluding hydrogens is 228 g/mol. The molecule has 0 unspecified atom stereocenters. The molecule has 1 rings (SSSR count). The Labute approximate surface area is 99.5 Å². The summed E-state index contributed by atoms with van der Waals surface area (Å²) in [6.45, 7) is 6.08. The van der Waals surface area contributed by atoms with Crippen LogP contribution in [-0.2, 0) is 6.42 Å². The van der Waals surface area contributed by atoms with Gasteiger partial charge in [-0.05, 0) is 24.4 Å². The van der Waals surface area contributed by atoms with Crippen molar-refractivity contribution in [1.29, 1.82) is 0 Å². The number of rotatable bonds is 6. The van der Waals surface area contributed by atoms with Gasteiger partial charge in [-0.3, -0.25) is 0 Å². The Kier molecular flexibility index (Phi) is 5.02. The minimum atomic E-state index is -0.553. The highest BCUT2D eigenvalue weighted by Crippen LogP contribution is 2.27. The normalized spacial score (nSPS) is 12.0. The minimum absolute atomic E-state index is 0.553. The van der Waals surface area contributed by atoms with E-state index in [4.69, 9.17) is 0 Å². The lowest BCUT2D eigenvalue weighted by molar-refractivity contribution is 0.0572. The van der Waals surface area contributed by atoms with E-state index in [9.17, 15) is 5.11 Å². The fourth-order valence-corrected chi connectivity index (χ4v) is 3.06. The summed E-state index contributed by atoms with van der Waals surface area (Å²) in [5.74, 6) is 1.61. The van der Waals surface area contributed by atoms with Gasteiger partial charge in [-0.2, -0.15) is 4.37 Å². The molecule has 0 saturated carbocycles. The van der Waals surface area contributed by atoms with Gasteiger partial charge in [0.2, 0.25) is 0 Å². The first kappa shape index (κ1) is 12.9. The molecule has 0 bridgehead atoms. The first-order valence-electron chi connectivity index (χ1n) is 5.31. The molecule has 5 heteroatoms. The van der Waals surface area contributed by atoms with E-state index in [1.54, 1.807) is 11.8 Å². The first-order valence-corrected chi connectivity index (χ1v) is 7.07. The van der Waals surface area contributed by atoms with Crippen molar-refractivity contribution < 1.29 is 5.11 Å². The van der Waals surface area contributed by atoms with Gasteiger partial charge in [-0.1, -0.05) is 32.5 Å².